The highest BCUT2D eigenvalue weighted by atomic mass is 32.1. The third kappa shape index (κ3) is 3.61. The number of rotatable bonds is 6. The summed E-state index contributed by atoms with van der Waals surface area (Å²) in [4.78, 5) is 13.0. The first-order valence-corrected chi connectivity index (χ1v) is 6.51. The SMILES string of the molecule is CCC(CCO)NC(=O)C(C)c1cccs1. The second-order valence-corrected chi connectivity index (χ2v) is 4.84. The zero-order chi connectivity index (χ0) is 12.0. The molecule has 0 saturated heterocycles. The fourth-order valence-electron chi connectivity index (χ4n) is 1.53. The fraction of sp³-hybridized carbons (Fsp3) is 0.583. The molecule has 4 heteroatoms. The van der Waals surface area contributed by atoms with E-state index in [0.717, 1.165) is 11.3 Å². The second kappa shape index (κ2) is 6.66. The van der Waals surface area contributed by atoms with Gasteiger partial charge in [-0.1, -0.05) is 13.0 Å². The van der Waals surface area contributed by atoms with Crippen molar-refractivity contribution in [1.82, 2.24) is 5.32 Å². The van der Waals surface area contributed by atoms with Gasteiger partial charge in [-0.15, -0.1) is 11.3 Å². The molecular weight excluding hydrogens is 222 g/mol. The van der Waals surface area contributed by atoms with E-state index in [1.165, 1.54) is 0 Å². The van der Waals surface area contributed by atoms with Gasteiger partial charge in [0.1, 0.15) is 0 Å². The maximum Gasteiger partial charge on any atom is 0.228 e. The van der Waals surface area contributed by atoms with Gasteiger partial charge in [0, 0.05) is 17.5 Å². The zero-order valence-corrected chi connectivity index (χ0v) is 10.6. The van der Waals surface area contributed by atoms with E-state index in [2.05, 4.69) is 5.32 Å². The van der Waals surface area contributed by atoms with Crippen molar-refractivity contribution in [3.05, 3.63) is 22.4 Å². The summed E-state index contributed by atoms with van der Waals surface area (Å²) >= 11 is 1.60. The molecule has 16 heavy (non-hydrogen) atoms. The molecule has 1 aromatic heterocycles. The molecule has 2 N–H and O–H groups in total. The number of carbonyl (C=O) groups is 1. The molecule has 0 radical (unpaired) electrons. The first-order chi connectivity index (χ1) is 7.69. The Bertz CT molecular complexity index is 311. The predicted octanol–water partition coefficient (Wildman–Crippen LogP) is 2.13. The molecule has 1 amide bonds. The Morgan fingerprint density at radius 1 is 1.62 bits per heavy atom. The van der Waals surface area contributed by atoms with Gasteiger partial charge in [0.15, 0.2) is 0 Å². The standard InChI is InChI=1S/C12H19NO2S/c1-3-10(6-7-14)13-12(15)9(2)11-5-4-8-16-11/h4-5,8-10,14H,3,6-7H2,1-2H3,(H,13,15). The number of aliphatic hydroxyl groups excluding tert-OH is 1. The van der Waals surface area contributed by atoms with Crippen molar-refractivity contribution in [1.29, 1.82) is 0 Å². The van der Waals surface area contributed by atoms with Gasteiger partial charge in [-0.05, 0) is 31.2 Å². The van der Waals surface area contributed by atoms with Gasteiger partial charge in [-0.2, -0.15) is 0 Å². The number of thiophene rings is 1. The summed E-state index contributed by atoms with van der Waals surface area (Å²) in [5, 5.41) is 13.8. The van der Waals surface area contributed by atoms with Crippen LogP contribution >= 0.6 is 11.3 Å². The molecule has 90 valence electrons. The maximum absolute atomic E-state index is 11.9. The van der Waals surface area contributed by atoms with Crippen LogP contribution in [0.4, 0.5) is 0 Å². The number of nitrogens with one attached hydrogen (secondary N) is 1. The summed E-state index contributed by atoms with van der Waals surface area (Å²) in [6.07, 6.45) is 1.48. The Morgan fingerprint density at radius 2 is 2.38 bits per heavy atom. The van der Waals surface area contributed by atoms with E-state index < -0.39 is 0 Å². The van der Waals surface area contributed by atoms with E-state index >= 15 is 0 Å². The van der Waals surface area contributed by atoms with Crippen LogP contribution in [0.5, 0.6) is 0 Å². The maximum atomic E-state index is 11.9. The molecule has 0 aromatic carbocycles. The van der Waals surface area contributed by atoms with E-state index in [9.17, 15) is 4.79 Å². The Kier molecular flexibility index (Phi) is 5.49. The molecule has 3 nitrogen and oxygen atoms in total. The molecule has 0 spiro atoms. The van der Waals surface area contributed by atoms with Crippen molar-refractivity contribution in [2.24, 2.45) is 0 Å². The van der Waals surface area contributed by atoms with E-state index in [4.69, 9.17) is 5.11 Å². The van der Waals surface area contributed by atoms with Crippen LogP contribution in [0.2, 0.25) is 0 Å². The van der Waals surface area contributed by atoms with Crippen LogP contribution in [0, 0.1) is 0 Å². The van der Waals surface area contributed by atoms with Crippen molar-refractivity contribution in [3.8, 4) is 0 Å². The lowest BCUT2D eigenvalue weighted by atomic mass is 10.1. The van der Waals surface area contributed by atoms with Crippen molar-refractivity contribution >= 4 is 17.2 Å². The normalized spacial score (nSPS) is 14.4. The summed E-state index contributed by atoms with van der Waals surface area (Å²) in [7, 11) is 0. The Morgan fingerprint density at radius 3 is 2.88 bits per heavy atom. The van der Waals surface area contributed by atoms with Gasteiger partial charge in [-0.3, -0.25) is 4.79 Å². The van der Waals surface area contributed by atoms with Crippen LogP contribution < -0.4 is 5.32 Å². The first-order valence-electron chi connectivity index (χ1n) is 5.63. The van der Waals surface area contributed by atoms with E-state index in [0.29, 0.717) is 6.42 Å². The Hall–Kier alpha value is -0.870. The molecule has 1 aromatic rings. The lowest BCUT2D eigenvalue weighted by Gasteiger charge is -2.18. The average Bonchev–Trinajstić information content (AvgIpc) is 2.80. The minimum Gasteiger partial charge on any atom is -0.396 e. The minimum absolute atomic E-state index is 0.0442. The molecule has 0 fully saturated rings. The topological polar surface area (TPSA) is 49.3 Å². The van der Waals surface area contributed by atoms with Crippen LogP contribution in [0.15, 0.2) is 17.5 Å². The third-order valence-corrected chi connectivity index (χ3v) is 3.74. The van der Waals surface area contributed by atoms with Gasteiger partial charge in [0.2, 0.25) is 5.91 Å². The van der Waals surface area contributed by atoms with Crippen molar-refractivity contribution < 1.29 is 9.90 Å². The second-order valence-electron chi connectivity index (χ2n) is 3.86. The molecular formula is C12H19NO2S. The van der Waals surface area contributed by atoms with E-state index in [1.54, 1.807) is 11.3 Å². The number of carbonyl (C=O) groups excluding carboxylic acids is 1. The van der Waals surface area contributed by atoms with Gasteiger partial charge >= 0.3 is 0 Å². The molecule has 0 aliphatic rings. The highest BCUT2D eigenvalue weighted by Gasteiger charge is 2.18. The van der Waals surface area contributed by atoms with Crippen molar-refractivity contribution in [2.75, 3.05) is 6.61 Å². The summed E-state index contributed by atoms with van der Waals surface area (Å²) in [5.41, 5.74) is 0. The minimum atomic E-state index is -0.104. The molecule has 2 unspecified atom stereocenters. The van der Waals surface area contributed by atoms with Crippen molar-refractivity contribution in [2.45, 2.75) is 38.6 Å². The molecule has 0 saturated carbocycles. The molecule has 2 atom stereocenters. The molecule has 1 rings (SSSR count). The summed E-state index contributed by atoms with van der Waals surface area (Å²) in [6.45, 7) is 4.04. The number of aliphatic hydroxyl groups is 1. The Balaban J connectivity index is 2.51. The summed E-state index contributed by atoms with van der Waals surface area (Å²) < 4.78 is 0. The highest BCUT2D eigenvalue weighted by Crippen LogP contribution is 2.20. The lowest BCUT2D eigenvalue weighted by molar-refractivity contribution is -0.123. The molecule has 0 aliphatic heterocycles. The Labute approximate surface area is 100 Å². The smallest absolute Gasteiger partial charge is 0.228 e. The van der Waals surface area contributed by atoms with Crippen LogP contribution in [-0.2, 0) is 4.79 Å². The number of hydrogen-bond acceptors (Lipinski definition) is 3. The van der Waals surface area contributed by atoms with Gasteiger partial charge in [0.25, 0.3) is 0 Å². The van der Waals surface area contributed by atoms with Crippen molar-refractivity contribution in [3.63, 3.8) is 0 Å². The van der Waals surface area contributed by atoms with Crippen LogP contribution in [0.1, 0.15) is 37.5 Å². The fourth-order valence-corrected chi connectivity index (χ4v) is 2.31. The predicted molar refractivity (Wildman–Crippen MR) is 66.7 cm³/mol. The summed E-state index contributed by atoms with van der Waals surface area (Å²) in [5.74, 6) is -0.0597. The van der Waals surface area contributed by atoms with Crippen LogP contribution in [-0.4, -0.2) is 23.7 Å². The number of amides is 1. The summed E-state index contributed by atoms with van der Waals surface area (Å²) in [6, 6.07) is 4.01. The van der Waals surface area contributed by atoms with Crippen LogP contribution in [0.3, 0.4) is 0 Å². The highest BCUT2D eigenvalue weighted by molar-refractivity contribution is 7.10. The lowest BCUT2D eigenvalue weighted by Crippen LogP contribution is -2.37. The number of hydrogen-bond donors (Lipinski definition) is 2. The van der Waals surface area contributed by atoms with E-state index in [1.807, 2.05) is 31.4 Å². The molecule has 0 aliphatic carbocycles. The molecule has 1 heterocycles. The largest absolute Gasteiger partial charge is 0.396 e. The first kappa shape index (κ1) is 13.2. The van der Waals surface area contributed by atoms with Crippen LogP contribution in [0.25, 0.3) is 0 Å². The van der Waals surface area contributed by atoms with Gasteiger partial charge < -0.3 is 10.4 Å². The monoisotopic (exact) mass is 241 g/mol. The van der Waals surface area contributed by atoms with E-state index in [-0.39, 0.29) is 24.5 Å². The average molecular weight is 241 g/mol. The van der Waals surface area contributed by atoms with Gasteiger partial charge in [0.05, 0.1) is 5.92 Å². The molecule has 0 bridgehead atoms. The zero-order valence-electron chi connectivity index (χ0n) is 9.77. The third-order valence-electron chi connectivity index (χ3n) is 2.68. The quantitative estimate of drug-likeness (QED) is 0.801. The van der Waals surface area contributed by atoms with Gasteiger partial charge in [-0.25, -0.2) is 0 Å².